The number of amides is 1. The maximum atomic E-state index is 13.7. The van der Waals surface area contributed by atoms with Crippen LogP contribution in [0.3, 0.4) is 0 Å². The second kappa shape index (κ2) is 12.0. The van der Waals surface area contributed by atoms with Crippen LogP contribution >= 0.6 is 0 Å². The van der Waals surface area contributed by atoms with Crippen molar-refractivity contribution in [1.29, 1.82) is 0 Å². The second-order valence-corrected chi connectivity index (χ2v) is 10.6. The van der Waals surface area contributed by atoms with E-state index in [-0.39, 0.29) is 18.3 Å². The number of aryl methyl sites for hydroxylation is 2. The molecule has 6 rings (SSSR count). The van der Waals surface area contributed by atoms with Gasteiger partial charge in [-0.3, -0.25) is 4.79 Å². The Morgan fingerprint density at radius 1 is 0.881 bits per heavy atom. The molecule has 2 aromatic heterocycles. The fourth-order valence-corrected chi connectivity index (χ4v) is 5.30. The number of benzene rings is 3. The zero-order valence-corrected chi connectivity index (χ0v) is 23.8. The molecule has 0 bridgehead atoms. The molecule has 0 spiro atoms. The smallest absolute Gasteiger partial charge is 0.260 e. The van der Waals surface area contributed by atoms with Gasteiger partial charge in [-0.2, -0.15) is 5.10 Å². The molecular weight excluding hydrogens is 531 g/mol. The lowest BCUT2D eigenvalue weighted by atomic mass is 10.1. The number of rotatable bonds is 7. The summed E-state index contributed by atoms with van der Waals surface area (Å²) in [5.74, 6) is 1.83. The van der Waals surface area contributed by atoms with Gasteiger partial charge < -0.3 is 14.5 Å². The molecular formula is C33H33FN6O2. The quantitative estimate of drug-likeness (QED) is 0.268. The van der Waals surface area contributed by atoms with E-state index >= 15 is 0 Å². The molecule has 1 aliphatic rings. The summed E-state index contributed by atoms with van der Waals surface area (Å²) in [5.41, 5.74) is 4.51. The summed E-state index contributed by atoms with van der Waals surface area (Å²) in [7, 11) is 0. The summed E-state index contributed by atoms with van der Waals surface area (Å²) in [6, 6.07) is 24.0. The van der Waals surface area contributed by atoms with Crippen molar-refractivity contribution in [3.63, 3.8) is 0 Å². The molecule has 0 saturated carbocycles. The number of hydrogen-bond acceptors (Lipinski definition) is 6. The van der Waals surface area contributed by atoms with E-state index in [1.165, 1.54) is 17.7 Å². The van der Waals surface area contributed by atoms with E-state index in [0.29, 0.717) is 43.3 Å². The maximum Gasteiger partial charge on any atom is 0.260 e. The first kappa shape index (κ1) is 27.4. The Balaban J connectivity index is 1.31. The topological polar surface area (TPSA) is 76.4 Å². The molecule has 9 heteroatoms. The number of carbonyl (C=O) groups is 1. The summed E-state index contributed by atoms with van der Waals surface area (Å²) in [6.45, 7) is 6.58. The van der Waals surface area contributed by atoms with E-state index in [1.807, 2.05) is 42.2 Å². The lowest BCUT2D eigenvalue weighted by molar-refractivity contribution is -0.133. The Kier molecular flexibility index (Phi) is 7.81. The first-order valence-corrected chi connectivity index (χ1v) is 14.2. The summed E-state index contributed by atoms with van der Waals surface area (Å²) >= 11 is 0. The Bertz CT molecular complexity index is 1690. The van der Waals surface area contributed by atoms with Gasteiger partial charge in [-0.1, -0.05) is 48.0 Å². The molecule has 0 radical (unpaired) electrons. The van der Waals surface area contributed by atoms with Gasteiger partial charge in [-0.15, -0.1) is 0 Å². The van der Waals surface area contributed by atoms with E-state index in [0.717, 1.165) is 41.1 Å². The molecule has 42 heavy (non-hydrogen) atoms. The Morgan fingerprint density at radius 2 is 1.64 bits per heavy atom. The summed E-state index contributed by atoms with van der Waals surface area (Å²) in [6.07, 6.45) is 1.35. The van der Waals surface area contributed by atoms with E-state index in [9.17, 15) is 9.18 Å². The summed E-state index contributed by atoms with van der Waals surface area (Å²) in [5, 5.41) is 5.67. The highest BCUT2D eigenvalue weighted by atomic mass is 19.1. The molecule has 214 valence electrons. The minimum atomic E-state index is -0.305. The van der Waals surface area contributed by atoms with Gasteiger partial charge in [-0.05, 0) is 62.2 Å². The van der Waals surface area contributed by atoms with Crippen LogP contribution in [-0.2, 0) is 11.2 Å². The van der Waals surface area contributed by atoms with Crippen molar-refractivity contribution in [3.8, 4) is 11.4 Å². The molecule has 0 N–H and O–H groups in total. The number of carbonyl (C=O) groups excluding carboxylic acids is 1. The van der Waals surface area contributed by atoms with Gasteiger partial charge in [0.25, 0.3) is 5.91 Å². The van der Waals surface area contributed by atoms with Crippen LogP contribution in [0.4, 0.5) is 10.2 Å². The van der Waals surface area contributed by atoms with E-state index in [4.69, 9.17) is 19.8 Å². The van der Waals surface area contributed by atoms with Crippen LogP contribution < -0.4 is 9.64 Å². The number of ether oxygens (including phenoxy) is 1. The molecule has 1 saturated heterocycles. The van der Waals surface area contributed by atoms with Gasteiger partial charge in [0.05, 0.1) is 16.8 Å². The number of fused-ring (bicyclic) bond motifs is 1. The molecule has 0 atom stereocenters. The van der Waals surface area contributed by atoms with Crippen LogP contribution in [0.1, 0.15) is 29.1 Å². The number of halogens is 1. The largest absolute Gasteiger partial charge is 0.484 e. The Labute approximate surface area is 244 Å². The highest BCUT2D eigenvalue weighted by molar-refractivity contribution is 5.91. The summed E-state index contributed by atoms with van der Waals surface area (Å²) in [4.78, 5) is 27.2. The number of nitrogens with zero attached hydrogens (tertiary/aromatic N) is 6. The molecule has 1 amide bonds. The molecule has 3 aromatic carbocycles. The fraction of sp³-hybridized carbons (Fsp3) is 0.273. The van der Waals surface area contributed by atoms with Gasteiger partial charge in [0, 0.05) is 32.6 Å². The first-order chi connectivity index (χ1) is 20.4. The average molecular weight is 565 g/mol. The van der Waals surface area contributed by atoms with Crippen LogP contribution in [0.5, 0.6) is 5.75 Å². The van der Waals surface area contributed by atoms with Crippen LogP contribution in [0.2, 0.25) is 0 Å². The summed E-state index contributed by atoms with van der Waals surface area (Å²) < 4.78 is 21.2. The zero-order chi connectivity index (χ0) is 29.1. The van der Waals surface area contributed by atoms with Crippen LogP contribution in [0.25, 0.3) is 16.7 Å². The third-order valence-corrected chi connectivity index (χ3v) is 7.54. The number of para-hydroxylation sites is 1. The molecule has 5 aromatic rings. The molecule has 1 aliphatic heterocycles. The van der Waals surface area contributed by atoms with Gasteiger partial charge in [0.15, 0.2) is 12.3 Å². The lowest BCUT2D eigenvalue weighted by Crippen LogP contribution is -2.38. The third-order valence-electron chi connectivity index (χ3n) is 7.54. The van der Waals surface area contributed by atoms with E-state index in [1.54, 1.807) is 16.8 Å². The second-order valence-electron chi connectivity index (χ2n) is 10.6. The molecule has 0 aliphatic carbocycles. The predicted molar refractivity (Wildman–Crippen MR) is 161 cm³/mol. The monoisotopic (exact) mass is 564 g/mol. The predicted octanol–water partition coefficient (Wildman–Crippen LogP) is 5.28. The van der Waals surface area contributed by atoms with Crippen molar-refractivity contribution in [2.75, 3.05) is 37.7 Å². The number of hydrogen-bond donors (Lipinski definition) is 0. The van der Waals surface area contributed by atoms with Crippen molar-refractivity contribution < 1.29 is 13.9 Å². The maximum absolute atomic E-state index is 13.7. The van der Waals surface area contributed by atoms with Crippen molar-refractivity contribution in [2.24, 2.45) is 0 Å². The third kappa shape index (κ3) is 5.95. The van der Waals surface area contributed by atoms with Gasteiger partial charge in [0.1, 0.15) is 23.2 Å². The average Bonchev–Trinajstić information content (AvgIpc) is 3.16. The van der Waals surface area contributed by atoms with Crippen LogP contribution in [-0.4, -0.2) is 63.3 Å². The SMILES string of the molecule is Cc1ccc(Cc2nc(N3CCCN(C(=O)COc4ccccc4)CC3)c3c(C)nn(-c4ccc(F)cc4)c3n2)cc1. The minimum absolute atomic E-state index is 0.00596. The Hall–Kier alpha value is -4.79. The normalized spacial score (nSPS) is 13.8. The molecule has 8 nitrogen and oxygen atoms in total. The van der Waals surface area contributed by atoms with Gasteiger partial charge in [-0.25, -0.2) is 19.0 Å². The van der Waals surface area contributed by atoms with Crippen molar-refractivity contribution in [1.82, 2.24) is 24.6 Å². The number of aromatic nitrogens is 4. The van der Waals surface area contributed by atoms with Crippen LogP contribution in [0.15, 0.2) is 78.9 Å². The Morgan fingerprint density at radius 3 is 2.40 bits per heavy atom. The first-order valence-electron chi connectivity index (χ1n) is 14.2. The van der Waals surface area contributed by atoms with Crippen molar-refractivity contribution in [3.05, 3.63) is 107 Å². The zero-order valence-electron chi connectivity index (χ0n) is 23.8. The highest BCUT2D eigenvalue weighted by Gasteiger charge is 2.25. The molecule has 1 fully saturated rings. The van der Waals surface area contributed by atoms with Crippen LogP contribution in [0, 0.1) is 19.7 Å². The van der Waals surface area contributed by atoms with Gasteiger partial charge in [0.2, 0.25) is 0 Å². The van der Waals surface area contributed by atoms with Crippen molar-refractivity contribution >= 4 is 22.8 Å². The molecule has 0 unspecified atom stereocenters. The van der Waals surface area contributed by atoms with E-state index < -0.39 is 0 Å². The lowest BCUT2D eigenvalue weighted by Gasteiger charge is -2.24. The van der Waals surface area contributed by atoms with Crippen molar-refractivity contribution in [2.45, 2.75) is 26.7 Å². The van der Waals surface area contributed by atoms with E-state index in [2.05, 4.69) is 36.1 Å². The molecule has 3 heterocycles. The fourth-order valence-electron chi connectivity index (χ4n) is 5.30. The number of anilines is 1. The highest BCUT2D eigenvalue weighted by Crippen LogP contribution is 2.30. The van der Waals surface area contributed by atoms with Gasteiger partial charge >= 0.3 is 0 Å². The standard InChI is InChI=1S/C33H33FN6O2/c1-23-9-11-25(12-10-23)21-29-35-32(31-24(2)37-40(33(31)36-29)27-15-13-26(34)14-16-27)39-18-6-17-38(19-20-39)30(41)22-42-28-7-4-3-5-8-28/h3-5,7-16H,6,17-22H2,1-2H3. The minimum Gasteiger partial charge on any atom is -0.484 e.